The highest BCUT2D eigenvalue weighted by Gasteiger charge is 2.08. The molecule has 0 aliphatic heterocycles. The van der Waals surface area contributed by atoms with E-state index in [2.05, 4.69) is 6.07 Å². The molecule has 2 nitrogen and oxygen atoms in total. The molecule has 0 spiro atoms. The first kappa shape index (κ1) is 11.7. The molecule has 0 saturated carbocycles. The van der Waals surface area contributed by atoms with Crippen molar-refractivity contribution < 1.29 is 0 Å². The van der Waals surface area contributed by atoms with Crippen molar-refractivity contribution in [3.05, 3.63) is 71.0 Å². The summed E-state index contributed by atoms with van der Waals surface area (Å²) in [5.41, 5.74) is 3.14. The predicted octanol–water partition coefficient (Wildman–Crippen LogP) is 3.69. The average molecular weight is 249 g/mol. The Labute approximate surface area is 111 Å². The van der Waals surface area contributed by atoms with E-state index in [-0.39, 0.29) is 5.56 Å². The highest BCUT2D eigenvalue weighted by molar-refractivity contribution is 5.94. The lowest BCUT2D eigenvalue weighted by Gasteiger charge is -2.12. The SMILES string of the molecule is CCn1c(=O)cc(-c2ccccc2)c2ccccc21. The number of pyridine rings is 1. The Morgan fingerprint density at radius 2 is 1.63 bits per heavy atom. The minimum atomic E-state index is 0.0556. The maximum absolute atomic E-state index is 12.2. The first-order valence-electron chi connectivity index (χ1n) is 6.49. The van der Waals surface area contributed by atoms with Gasteiger partial charge in [-0.25, -0.2) is 0 Å². The van der Waals surface area contributed by atoms with Crippen LogP contribution >= 0.6 is 0 Å². The number of rotatable bonds is 2. The van der Waals surface area contributed by atoms with Gasteiger partial charge in [-0.2, -0.15) is 0 Å². The molecule has 1 aromatic heterocycles. The van der Waals surface area contributed by atoms with Crippen molar-refractivity contribution in [2.24, 2.45) is 0 Å². The standard InChI is InChI=1S/C17H15NO/c1-2-18-16-11-7-6-10-14(16)15(12-17(18)19)13-8-4-3-5-9-13/h3-12H,2H2,1H3. The summed E-state index contributed by atoms with van der Waals surface area (Å²) in [5, 5.41) is 1.12. The van der Waals surface area contributed by atoms with Crippen LogP contribution in [0.2, 0.25) is 0 Å². The normalized spacial score (nSPS) is 10.8. The molecule has 0 amide bonds. The van der Waals surface area contributed by atoms with Gasteiger partial charge in [-0.3, -0.25) is 4.79 Å². The van der Waals surface area contributed by atoms with Crippen LogP contribution in [0.15, 0.2) is 65.5 Å². The van der Waals surface area contributed by atoms with E-state index in [1.807, 2.05) is 60.0 Å². The van der Waals surface area contributed by atoms with Crippen LogP contribution in [0.4, 0.5) is 0 Å². The molecule has 0 radical (unpaired) electrons. The minimum absolute atomic E-state index is 0.0556. The Bertz CT molecular complexity index is 772. The van der Waals surface area contributed by atoms with Crippen molar-refractivity contribution in [3.63, 3.8) is 0 Å². The number of hydrogen-bond donors (Lipinski definition) is 0. The topological polar surface area (TPSA) is 22.0 Å². The van der Waals surface area contributed by atoms with Gasteiger partial charge in [0.1, 0.15) is 0 Å². The van der Waals surface area contributed by atoms with Gasteiger partial charge in [-0.15, -0.1) is 0 Å². The number of aromatic nitrogens is 1. The largest absolute Gasteiger partial charge is 0.309 e. The van der Waals surface area contributed by atoms with Crippen LogP contribution in [0.1, 0.15) is 6.92 Å². The van der Waals surface area contributed by atoms with Crippen molar-refractivity contribution in [2.75, 3.05) is 0 Å². The maximum Gasteiger partial charge on any atom is 0.251 e. The number of hydrogen-bond acceptors (Lipinski definition) is 1. The van der Waals surface area contributed by atoms with Crippen molar-refractivity contribution in [2.45, 2.75) is 13.5 Å². The molecule has 0 saturated heterocycles. The third-order valence-electron chi connectivity index (χ3n) is 3.42. The van der Waals surface area contributed by atoms with E-state index in [4.69, 9.17) is 0 Å². The molecule has 0 aliphatic carbocycles. The highest BCUT2D eigenvalue weighted by atomic mass is 16.1. The predicted molar refractivity (Wildman–Crippen MR) is 79.3 cm³/mol. The van der Waals surface area contributed by atoms with Gasteiger partial charge in [0.25, 0.3) is 5.56 Å². The zero-order valence-corrected chi connectivity index (χ0v) is 10.8. The van der Waals surface area contributed by atoms with Gasteiger partial charge in [0, 0.05) is 18.0 Å². The molecule has 0 N–H and O–H groups in total. The van der Waals surface area contributed by atoms with Crippen molar-refractivity contribution in [1.82, 2.24) is 4.57 Å². The summed E-state index contributed by atoms with van der Waals surface area (Å²) < 4.78 is 1.81. The first-order chi connectivity index (χ1) is 9.31. The maximum atomic E-state index is 12.2. The summed E-state index contributed by atoms with van der Waals surface area (Å²) in [6.07, 6.45) is 0. The number of aryl methyl sites for hydroxylation is 1. The van der Waals surface area contributed by atoms with Gasteiger partial charge in [0.2, 0.25) is 0 Å². The van der Waals surface area contributed by atoms with E-state index in [0.29, 0.717) is 6.54 Å². The van der Waals surface area contributed by atoms with Crippen molar-refractivity contribution >= 4 is 10.9 Å². The number of para-hydroxylation sites is 1. The number of nitrogens with zero attached hydrogens (tertiary/aromatic N) is 1. The molecular formula is C17H15NO. The summed E-state index contributed by atoms with van der Waals surface area (Å²) in [6.45, 7) is 2.68. The van der Waals surface area contributed by atoms with Crippen LogP contribution in [-0.2, 0) is 6.54 Å². The van der Waals surface area contributed by atoms with Gasteiger partial charge in [0.05, 0.1) is 5.52 Å². The summed E-state index contributed by atoms with van der Waals surface area (Å²) in [7, 11) is 0. The summed E-state index contributed by atoms with van der Waals surface area (Å²) in [4.78, 5) is 12.2. The lowest BCUT2D eigenvalue weighted by molar-refractivity contribution is 0.760. The second kappa shape index (κ2) is 4.73. The summed E-state index contributed by atoms with van der Waals surface area (Å²) >= 11 is 0. The molecule has 0 bridgehead atoms. The fourth-order valence-corrected chi connectivity index (χ4v) is 2.52. The highest BCUT2D eigenvalue weighted by Crippen LogP contribution is 2.26. The molecule has 0 fully saturated rings. The Morgan fingerprint density at radius 1 is 0.947 bits per heavy atom. The van der Waals surface area contributed by atoms with E-state index in [1.165, 1.54) is 0 Å². The fourth-order valence-electron chi connectivity index (χ4n) is 2.52. The lowest BCUT2D eigenvalue weighted by atomic mass is 10.0. The first-order valence-corrected chi connectivity index (χ1v) is 6.49. The van der Waals surface area contributed by atoms with Crippen LogP contribution in [0.3, 0.4) is 0 Å². The Balaban J connectivity index is 2.42. The van der Waals surface area contributed by atoms with E-state index < -0.39 is 0 Å². The van der Waals surface area contributed by atoms with Crippen LogP contribution < -0.4 is 5.56 Å². The molecule has 0 unspecified atom stereocenters. The lowest BCUT2D eigenvalue weighted by Crippen LogP contribution is -2.18. The number of benzene rings is 2. The quantitative estimate of drug-likeness (QED) is 0.679. The van der Waals surface area contributed by atoms with Crippen LogP contribution in [-0.4, -0.2) is 4.57 Å². The molecule has 94 valence electrons. The van der Waals surface area contributed by atoms with Crippen LogP contribution in [0, 0.1) is 0 Å². The van der Waals surface area contributed by atoms with E-state index in [9.17, 15) is 4.79 Å². The average Bonchev–Trinajstić information content (AvgIpc) is 2.47. The molecule has 1 heterocycles. The summed E-state index contributed by atoms with van der Waals surface area (Å²) in [5.74, 6) is 0. The second-order valence-electron chi connectivity index (χ2n) is 4.52. The molecule has 3 aromatic rings. The van der Waals surface area contributed by atoms with Gasteiger partial charge in [0.15, 0.2) is 0 Å². The fraction of sp³-hybridized carbons (Fsp3) is 0.118. The Kier molecular flexibility index (Phi) is 2.92. The van der Waals surface area contributed by atoms with Gasteiger partial charge >= 0.3 is 0 Å². The van der Waals surface area contributed by atoms with E-state index in [0.717, 1.165) is 22.0 Å². The van der Waals surface area contributed by atoms with Crippen molar-refractivity contribution in [3.8, 4) is 11.1 Å². The van der Waals surface area contributed by atoms with Crippen molar-refractivity contribution in [1.29, 1.82) is 0 Å². The van der Waals surface area contributed by atoms with Gasteiger partial charge in [-0.05, 0) is 24.1 Å². The zero-order valence-electron chi connectivity index (χ0n) is 10.8. The smallest absolute Gasteiger partial charge is 0.251 e. The number of fused-ring (bicyclic) bond motifs is 1. The molecule has 3 rings (SSSR count). The molecule has 2 heteroatoms. The van der Waals surface area contributed by atoms with E-state index >= 15 is 0 Å². The molecule has 2 aromatic carbocycles. The second-order valence-corrected chi connectivity index (χ2v) is 4.52. The molecular weight excluding hydrogens is 234 g/mol. The van der Waals surface area contributed by atoms with E-state index in [1.54, 1.807) is 6.07 Å². The van der Waals surface area contributed by atoms with Crippen LogP contribution in [0.25, 0.3) is 22.0 Å². The summed E-state index contributed by atoms with van der Waals surface area (Å²) in [6, 6.07) is 19.9. The molecule has 19 heavy (non-hydrogen) atoms. The van der Waals surface area contributed by atoms with Gasteiger partial charge < -0.3 is 4.57 Å². The monoisotopic (exact) mass is 249 g/mol. The van der Waals surface area contributed by atoms with Crippen LogP contribution in [0.5, 0.6) is 0 Å². The third kappa shape index (κ3) is 1.95. The Hall–Kier alpha value is -2.35. The zero-order chi connectivity index (χ0) is 13.2. The third-order valence-corrected chi connectivity index (χ3v) is 3.42. The van der Waals surface area contributed by atoms with Gasteiger partial charge in [-0.1, -0.05) is 48.5 Å². The molecule has 0 atom stereocenters. The minimum Gasteiger partial charge on any atom is -0.309 e. The Morgan fingerprint density at radius 3 is 2.37 bits per heavy atom. The molecule has 0 aliphatic rings.